The maximum Gasteiger partial charge on any atom is 0.317 e. The van der Waals surface area contributed by atoms with Gasteiger partial charge in [-0.3, -0.25) is 4.79 Å². The van der Waals surface area contributed by atoms with Gasteiger partial charge in [0.15, 0.2) is 0 Å². The summed E-state index contributed by atoms with van der Waals surface area (Å²) in [5.41, 5.74) is 8.38. The monoisotopic (exact) mass is 472 g/mol. The first kappa shape index (κ1) is 24.3. The molecule has 1 aliphatic carbocycles. The lowest BCUT2D eigenvalue weighted by atomic mass is 9.91. The van der Waals surface area contributed by atoms with Gasteiger partial charge in [0.2, 0.25) is 0 Å². The van der Waals surface area contributed by atoms with E-state index in [1.54, 1.807) is 6.21 Å². The Labute approximate surface area is 205 Å². The number of carboxylic acids is 1. The number of aliphatic carboxylic acids is 1. The van der Waals surface area contributed by atoms with Crippen LogP contribution in [0.2, 0.25) is 0 Å². The number of hydrogen-bond donors (Lipinski definition) is 3. The first-order valence-electron chi connectivity index (χ1n) is 11.9. The fraction of sp³-hybridized carbons (Fsp3) is 0.286. The Bertz CT molecular complexity index is 1290. The van der Waals surface area contributed by atoms with E-state index >= 15 is 0 Å². The van der Waals surface area contributed by atoms with Crippen molar-refractivity contribution >= 4 is 24.6 Å². The van der Waals surface area contributed by atoms with E-state index in [0.717, 1.165) is 58.9 Å². The van der Waals surface area contributed by atoms with E-state index in [-0.39, 0.29) is 18.6 Å². The molecule has 1 saturated carbocycles. The largest absolute Gasteiger partial charge is 0.480 e. The minimum absolute atomic E-state index is 0.00176. The van der Waals surface area contributed by atoms with E-state index < -0.39 is 5.97 Å². The summed E-state index contributed by atoms with van der Waals surface area (Å²) in [4.78, 5) is 15.2. The summed E-state index contributed by atoms with van der Waals surface area (Å²) in [5.74, 6) is 1.16. The van der Waals surface area contributed by atoms with Gasteiger partial charge >= 0.3 is 5.97 Å². The molecular formula is C28H32N4O3. The van der Waals surface area contributed by atoms with Crippen LogP contribution in [-0.4, -0.2) is 34.4 Å². The van der Waals surface area contributed by atoms with Gasteiger partial charge in [0.05, 0.1) is 6.54 Å². The second-order valence-corrected chi connectivity index (χ2v) is 8.76. The maximum absolute atomic E-state index is 10.9. The molecule has 1 aromatic heterocycles. The fourth-order valence-electron chi connectivity index (χ4n) is 4.72. The number of para-hydroxylation sites is 1. The Hall–Kier alpha value is -3.84. The molecule has 0 radical (unpaired) electrons. The Morgan fingerprint density at radius 3 is 2.43 bits per heavy atom. The lowest BCUT2D eigenvalue weighted by molar-refractivity contribution is -0.136. The van der Waals surface area contributed by atoms with Crippen molar-refractivity contribution in [3.05, 3.63) is 71.4 Å². The van der Waals surface area contributed by atoms with Crippen LogP contribution >= 0.6 is 0 Å². The predicted octanol–water partition coefficient (Wildman–Crippen LogP) is 3.63. The molecule has 35 heavy (non-hydrogen) atoms. The minimum atomic E-state index is -0.825. The molecule has 0 aliphatic heterocycles. The Morgan fingerprint density at radius 1 is 1.14 bits per heavy atom. The summed E-state index contributed by atoms with van der Waals surface area (Å²) in [6.45, 7) is 6.21. The van der Waals surface area contributed by atoms with Crippen LogP contribution < -0.4 is 26.4 Å². The van der Waals surface area contributed by atoms with E-state index in [9.17, 15) is 4.79 Å². The lowest BCUT2D eigenvalue weighted by Crippen LogP contribution is -2.39. The third kappa shape index (κ3) is 5.81. The van der Waals surface area contributed by atoms with Crippen LogP contribution in [0.25, 0.3) is 23.5 Å². The number of nitrogens with one attached hydrogen (secondary N) is 1. The summed E-state index contributed by atoms with van der Waals surface area (Å²) >= 11 is 0. The molecule has 7 nitrogen and oxygen atoms in total. The maximum atomic E-state index is 10.9. The van der Waals surface area contributed by atoms with Gasteiger partial charge < -0.3 is 25.5 Å². The topological polar surface area (TPSA) is 102 Å². The quantitative estimate of drug-likeness (QED) is 0.435. The second kappa shape index (κ2) is 11.1. The lowest BCUT2D eigenvalue weighted by Gasteiger charge is -2.30. The molecule has 7 heteroatoms. The van der Waals surface area contributed by atoms with Crippen molar-refractivity contribution in [2.75, 3.05) is 6.54 Å². The first-order chi connectivity index (χ1) is 17.0. The van der Waals surface area contributed by atoms with Gasteiger partial charge in [0, 0.05) is 40.6 Å². The minimum Gasteiger partial charge on any atom is -0.480 e. The van der Waals surface area contributed by atoms with Crippen molar-refractivity contribution in [2.24, 2.45) is 10.7 Å². The smallest absolute Gasteiger partial charge is 0.317 e. The van der Waals surface area contributed by atoms with Gasteiger partial charge in [0.25, 0.3) is 0 Å². The molecule has 0 spiro atoms. The Kier molecular flexibility index (Phi) is 7.67. The third-order valence-corrected chi connectivity index (χ3v) is 6.44. The van der Waals surface area contributed by atoms with Crippen LogP contribution in [-0.2, 0) is 4.79 Å². The average molecular weight is 473 g/mol. The zero-order valence-corrected chi connectivity index (χ0v) is 20.0. The van der Waals surface area contributed by atoms with Crippen LogP contribution in [0, 0.1) is 0 Å². The molecule has 0 unspecified atom stereocenters. The number of carboxylic acid groups (broad SMARTS) is 1. The summed E-state index contributed by atoms with van der Waals surface area (Å²) in [7, 11) is 0. The molecule has 0 saturated heterocycles. The molecule has 0 bridgehead atoms. The van der Waals surface area contributed by atoms with E-state index in [0.29, 0.717) is 5.82 Å². The van der Waals surface area contributed by atoms with E-state index in [2.05, 4.69) is 27.7 Å². The molecular weight excluding hydrogens is 440 g/mol. The normalized spacial score (nSPS) is 19.0. The van der Waals surface area contributed by atoms with Crippen LogP contribution in [0.4, 0.5) is 0 Å². The number of nitrogens with two attached hydrogens (primary N) is 1. The molecule has 182 valence electrons. The van der Waals surface area contributed by atoms with Crippen LogP contribution in [0.15, 0.2) is 65.8 Å². The third-order valence-electron chi connectivity index (χ3n) is 6.44. The van der Waals surface area contributed by atoms with Gasteiger partial charge in [-0.15, -0.1) is 0 Å². The van der Waals surface area contributed by atoms with Crippen molar-refractivity contribution in [3.63, 3.8) is 0 Å². The van der Waals surface area contributed by atoms with Gasteiger partial charge in [-0.25, -0.2) is 4.99 Å². The number of ether oxygens (including phenoxy) is 1. The van der Waals surface area contributed by atoms with Crippen LogP contribution in [0.5, 0.6) is 11.5 Å². The average Bonchev–Trinajstić information content (AvgIpc) is 3.21. The molecule has 3 aromatic rings. The Morgan fingerprint density at radius 2 is 1.80 bits per heavy atom. The van der Waals surface area contributed by atoms with E-state index in [4.69, 9.17) is 15.6 Å². The number of nitrogens with zero attached hydrogens (tertiary/aromatic N) is 2. The van der Waals surface area contributed by atoms with Gasteiger partial charge in [0.1, 0.15) is 17.3 Å². The molecule has 1 fully saturated rings. The number of benzene rings is 2. The summed E-state index contributed by atoms with van der Waals surface area (Å²) in [6.07, 6.45) is 7.52. The highest BCUT2D eigenvalue weighted by molar-refractivity contribution is 5.70. The highest BCUT2D eigenvalue weighted by Crippen LogP contribution is 2.29. The molecule has 4 N–H and O–H groups in total. The van der Waals surface area contributed by atoms with E-state index in [1.807, 2.05) is 61.5 Å². The molecule has 4 rings (SSSR count). The number of rotatable bonds is 8. The van der Waals surface area contributed by atoms with Gasteiger partial charge in [-0.1, -0.05) is 36.9 Å². The van der Waals surface area contributed by atoms with Crippen molar-refractivity contribution in [2.45, 2.75) is 44.7 Å². The van der Waals surface area contributed by atoms with Crippen LogP contribution in [0.1, 0.15) is 38.6 Å². The summed E-state index contributed by atoms with van der Waals surface area (Å²) in [6, 6.07) is 18.1. The SMILES string of the molecule is C=c1/c(=C(N)\N=C/C)c(-c2ccc(Oc3ccccc3)cc2)cn1C1CCC(NCC(=O)O)CC1. The van der Waals surface area contributed by atoms with Crippen molar-refractivity contribution in [1.29, 1.82) is 0 Å². The number of aliphatic imine (C=N–C) groups is 1. The molecule has 2 aromatic carbocycles. The fourth-order valence-corrected chi connectivity index (χ4v) is 4.72. The predicted molar refractivity (Wildman–Crippen MR) is 140 cm³/mol. The number of hydrogen-bond acceptors (Lipinski definition) is 5. The van der Waals surface area contributed by atoms with Gasteiger partial charge in [-0.2, -0.15) is 0 Å². The summed E-state index contributed by atoms with van der Waals surface area (Å²) < 4.78 is 8.15. The van der Waals surface area contributed by atoms with Crippen molar-refractivity contribution in [1.82, 2.24) is 9.88 Å². The second-order valence-electron chi connectivity index (χ2n) is 8.76. The zero-order valence-electron chi connectivity index (χ0n) is 20.0. The number of carbonyl (C=O) groups is 1. The molecule has 0 amide bonds. The zero-order chi connectivity index (χ0) is 24.8. The molecule has 1 aliphatic rings. The summed E-state index contributed by atoms with van der Waals surface area (Å²) in [5, 5.41) is 13.7. The first-order valence-corrected chi connectivity index (χ1v) is 11.9. The Balaban J connectivity index is 1.61. The highest BCUT2D eigenvalue weighted by atomic mass is 16.5. The van der Waals surface area contributed by atoms with Gasteiger partial charge in [-0.05, 0) is 62.4 Å². The highest BCUT2D eigenvalue weighted by Gasteiger charge is 2.24. The van der Waals surface area contributed by atoms with Crippen molar-refractivity contribution in [3.8, 4) is 22.6 Å². The van der Waals surface area contributed by atoms with Crippen molar-refractivity contribution < 1.29 is 14.6 Å². The van der Waals surface area contributed by atoms with E-state index in [1.165, 1.54) is 0 Å². The molecule has 0 atom stereocenters. The standard InChI is InChI=1S/C28H32N4O3/c1-3-30-28(29)27-19(2)32(22-13-11-21(12-14-22)31-17-26(33)34)18-25(27)20-9-15-24(16-10-20)35-23-7-5-4-6-8-23/h3-10,15-16,18,21-22,31H,2,11-14,17,29H2,1H3,(H,33,34)/b28-27+,30-3-. The number of aromatic nitrogens is 1. The molecule has 1 heterocycles. The van der Waals surface area contributed by atoms with Crippen LogP contribution in [0.3, 0.4) is 0 Å².